The van der Waals surface area contributed by atoms with E-state index in [2.05, 4.69) is 19.2 Å². The van der Waals surface area contributed by atoms with Crippen LogP contribution in [0.25, 0.3) is 0 Å². The van der Waals surface area contributed by atoms with E-state index >= 15 is 0 Å². The SMILES string of the molecule is CC(C)C1CCCN1C(=O)NCC(C)(C)C(N)=O. The van der Waals surface area contributed by atoms with E-state index in [1.807, 2.05) is 4.90 Å². The summed E-state index contributed by atoms with van der Waals surface area (Å²) in [5.74, 6) is 0.0621. The maximum Gasteiger partial charge on any atom is 0.317 e. The number of carbonyl (C=O) groups is 2. The van der Waals surface area contributed by atoms with Crippen LogP contribution in [0.5, 0.6) is 0 Å². The molecule has 1 heterocycles. The third-order valence-corrected chi connectivity index (χ3v) is 3.68. The third-order valence-electron chi connectivity index (χ3n) is 3.68. The lowest BCUT2D eigenvalue weighted by Gasteiger charge is -2.29. The number of primary amides is 1. The van der Waals surface area contributed by atoms with E-state index in [-0.39, 0.29) is 12.6 Å². The van der Waals surface area contributed by atoms with Crippen molar-refractivity contribution in [3.63, 3.8) is 0 Å². The third kappa shape index (κ3) is 3.37. The van der Waals surface area contributed by atoms with Gasteiger partial charge in [0, 0.05) is 19.1 Å². The van der Waals surface area contributed by atoms with Crippen molar-refractivity contribution in [1.82, 2.24) is 10.2 Å². The number of urea groups is 1. The molecule has 1 aliphatic rings. The van der Waals surface area contributed by atoms with Crippen LogP contribution in [0.15, 0.2) is 0 Å². The van der Waals surface area contributed by atoms with Crippen LogP contribution in [0.4, 0.5) is 4.79 Å². The number of likely N-dealkylation sites (tertiary alicyclic amines) is 1. The lowest BCUT2D eigenvalue weighted by molar-refractivity contribution is -0.125. The molecule has 3 N–H and O–H groups in total. The number of hydrogen-bond acceptors (Lipinski definition) is 2. The summed E-state index contributed by atoms with van der Waals surface area (Å²) < 4.78 is 0. The van der Waals surface area contributed by atoms with Gasteiger partial charge in [0.1, 0.15) is 0 Å². The number of nitrogens with two attached hydrogens (primary N) is 1. The molecule has 0 aromatic rings. The smallest absolute Gasteiger partial charge is 0.317 e. The Balaban J connectivity index is 2.53. The van der Waals surface area contributed by atoms with Crippen molar-refractivity contribution in [3.8, 4) is 0 Å². The first kappa shape index (κ1) is 14.8. The van der Waals surface area contributed by atoms with Gasteiger partial charge >= 0.3 is 6.03 Å². The molecule has 18 heavy (non-hydrogen) atoms. The van der Waals surface area contributed by atoms with Crippen LogP contribution in [0.3, 0.4) is 0 Å². The Morgan fingerprint density at radius 3 is 2.56 bits per heavy atom. The zero-order valence-electron chi connectivity index (χ0n) is 11.8. The normalized spacial score (nSPS) is 20.3. The minimum absolute atomic E-state index is 0.0828. The summed E-state index contributed by atoms with van der Waals surface area (Å²) in [6.07, 6.45) is 2.11. The first-order valence-electron chi connectivity index (χ1n) is 6.60. The lowest BCUT2D eigenvalue weighted by Crippen LogP contribution is -2.49. The van der Waals surface area contributed by atoms with Crippen molar-refractivity contribution in [2.45, 2.75) is 46.6 Å². The fourth-order valence-electron chi connectivity index (χ4n) is 2.22. The zero-order valence-corrected chi connectivity index (χ0v) is 11.8. The first-order chi connectivity index (χ1) is 8.25. The Bertz CT molecular complexity index is 326. The van der Waals surface area contributed by atoms with E-state index in [1.165, 1.54) is 0 Å². The lowest BCUT2D eigenvalue weighted by atomic mass is 9.93. The molecule has 1 saturated heterocycles. The highest BCUT2D eigenvalue weighted by Gasteiger charge is 2.32. The molecule has 5 nitrogen and oxygen atoms in total. The zero-order chi connectivity index (χ0) is 13.9. The monoisotopic (exact) mass is 255 g/mol. The fourth-order valence-corrected chi connectivity index (χ4v) is 2.22. The molecule has 1 unspecified atom stereocenters. The molecule has 0 aromatic heterocycles. The van der Waals surface area contributed by atoms with Gasteiger partial charge in [-0.3, -0.25) is 4.79 Å². The van der Waals surface area contributed by atoms with E-state index in [9.17, 15) is 9.59 Å². The fraction of sp³-hybridized carbons (Fsp3) is 0.846. The molecular weight excluding hydrogens is 230 g/mol. The molecule has 1 aliphatic heterocycles. The second-order valence-corrected chi connectivity index (χ2v) is 6.05. The molecule has 0 aromatic carbocycles. The highest BCUT2D eigenvalue weighted by atomic mass is 16.2. The van der Waals surface area contributed by atoms with Gasteiger partial charge in [-0.05, 0) is 32.6 Å². The van der Waals surface area contributed by atoms with Crippen LogP contribution in [-0.2, 0) is 4.79 Å². The molecule has 0 saturated carbocycles. The number of nitrogens with zero attached hydrogens (tertiary/aromatic N) is 1. The van der Waals surface area contributed by atoms with Gasteiger partial charge in [-0.25, -0.2) is 4.79 Å². The summed E-state index contributed by atoms with van der Waals surface area (Å²) in [6, 6.07) is 0.224. The number of hydrogen-bond donors (Lipinski definition) is 2. The molecular formula is C13H25N3O2. The number of amides is 3. The molecule has 0 aliphatic carbocycles. The molecule has 5 heteroatoms. The summed E-state index contributed by atoms with van der Waals surface area (Å²) in [7, 11) is 0. The molecule has 0 bridgehead atoms. The van der Waals surface area contributed by atoms with Gasteiger partial charge in [0.15, 0.2) is 0 Å². The van der Waals surface area contributed by atoms with Crippen molar-refractivity contribution in [2.75, 3.05) is 13.1 Å². The highest BCUT2D eigenvalue weighted by Crippen LogP contribution is 2.23. The van der Waals surface area contributed by atoms with E-state index in [1.54, 1.807) is 13.8 Å². The average molecular weight is 255 g/mol. The minimum Gasteiger partial charge on any atom is -0.369 e. The second kappa shape index (κ2) is 5.59. The van der Waals surface area contributed by atoms with Crippen LogP contribution >= 0.6 is 0 Å². The van der Waals surface area contributed by atoms with E-state index in [0.29, 0.717) is 12.0 Å². The average Bonchev–Trinajstić information content (AvgIpc) is 2.74. The Morgan fingerprint density at radius 1 is 1.44 bits per heavy atom. The molecule has 0 radical (unpaired) electrons. The Hall–Kier alpha value is -1.26. The molecule has 1 rings (SSSR count). The molecule has 0 spiro atoms. The van der Waals surface area contributed by atoms with Gasteiger partial charge in [0.2, 0.25) is 5.91 Å². The van der Waals surface area contributed by atoms with Gasteiger partial charge in [-0.2, -0.15) is 0 Å². The van der Waals surface area contributed by atoms with Gasteiger partial charge < -0.3 is 16.0 Å². The summed E-state index contributed by atoms with van der Waals surface area (Å²) in [4.78, 5) is 25.2. The molecule has 104 valence electrons. The maximum atomic E-state index is 12.1. The number of nitrogens with one attached hydrogen (secondary N) is 1. The van der Waals surface area contributed by atoms with Crippen LogP contribution in [-0.4, -0.2) is 36.0 Å². The molecule has 1 fully saturated rings. The maximum absolute atomic E-state index is 12.1. The van der Waals surface area contributed by atoms with E-state index in [0.717, 1.165) is 19.4 Å². The Labute approximate surface area is 109 Å². The summed E-state index contributed by atoms with van der Waals surface area (Å²) in [6.45, 7) is 8.81. The van der Waals surface area contributed by atoms with Crippen molar-refractivity contribution < 1.29 is 9.59 Å². The topological polar surface area (TPSA) is 75.4 Å². The van der Waals surface area contributed by atoms with Crippen molar-refractivity contribution in [1.29, 1.82) is 0 Å². The van der Waals surface area contributed by atoms with Crippen LogP contribution in [0, 0.1) is 11.3 Å². The number of carbonyl (C=O) groups excluding carboxylic acids is 2. The Kier molecular flexibility index (Phi) is 4.59. The van der Waals surface area contributed by atoms with E-state index in [4.69, 9.17) is 5.73 Å². The summed E-state index contributed by atoms with van der Waals surface area (Å²) >= 11 is 0. The molecule has 1 atom stereocenters. The minimum atomic E-state index is -0.706. The summed E-state index contributed by atoms with van der Waals surface area (Å²) in [5, 5.41) is 2.82. The predicted octanol–water partition coefficient (Wildman–Crippen LogP) is 1.33. The van der Waals surface area contributed by atoms with Crippen LogP contribution in [0.2, 0.25) is 0 Å². The van der Waals surface area contributed by atoms with Gasteiger partial charge in [-0.15, -0.1) is 0 Å². The van der Waals surface area contributed by atoms with Gasteiger partial charge in [0.25, 0.3) is 0 Å². The van der Waals surface area contributed by atoms with Crippen molar-refractivity contribution >= 4 is 11.9 Å². The summed E-state index contributed by atoms with van der Waals surface area (Å²) in [5.41, 5.74) is 4.58. The van der Waals surface area contributed by atoms with E-state index < -0.39 is 11.3 Å². The standard InChI is InChI=1S/C13H25N3O2/c1-9(2)10-6-5-7-16(10)12(18)15-8-13(3,4)11(14)17/h9-10H,5-8H2,1-4H3,(H2,14,17)(H,15,18). The van der Waals surface area contributed by atoms with Gasteiger partial charge in [-0.1, -0.05) is 13.8 Å². The van der Waals surface area contributed by atoms with Crippen LogP contribution < -0.4 is 11.1 Å². The second-order valence-electron chi connectivity index (χ2n) is 6.05. The van der Waals surface area contributed by atoms with Gasteiger partial charge in [0.05, 0.1) is 5.41 Å². The van der Waals surface area contributed by atoms with Crippen LogP contribution in [0.1, 0.15) is 40.5 Å². The molecule has 3 amide bonds. The van der Waals surface area contributed by atoms with Crippen molar-refractivity contribution in [3.05, 3.63) is 0 Å². The van der Waals surface area contributed by atoms with Crippen molar-refractivity contribution in [2.24, 2.45) is 17.1 Å². The number of rotatable bonds is 4. The quantitative estimate of drug-likeness (QED) is 0.795. The first-order valence-corrected chi connectivity index (χ1v) is 6.60. The highest BCUT2D eigenvalue weighted by molar-refractivity contribution is 5.81. The Morgan fingerprint density at radius 2 is 2.06 bits per heavy atom. The largest absolute Gasteiger partial charge is 0.369 e. The predicted molar refractivity (Wildman–Crippen MR) is 70.9 cm³/mol.